The van der Waals surface area contributed by atoms with Gasteiger partial charge in [-0.1, -0.05) is 13.8 Å². The van der Waals surface area contributed by atoms with E-state index in [9.17, 15) is 0 Å². The van der Waals surface area contributed by atoms with E-state index in [0.717, 1.165) is 6.04 Å². The molecule has 1 saturated heterocycles. The van der Waals surface area contributed by atoms with Crippen molar-refractivity contribution in [3.63, 3.8) is 0 Å². The molecule has 1 heterocycles. The quantitative estimate of drug-likeness (QED) is 0.727. The molecule has 1 aliphatic rings. The lowest BCUT2D eigenvalue weighted by Gasteiger charge is -2.41. The molecular formula is C11H24N2. The summed E-state index contributed by atoms with van der Waals surface area (Å²) in [7, 11) is 0. The van der Waals surface area contributed by atoms with Gasteiger partial charge in [0.1, 0.15) is 0 Å². The molecule has 0 saturated carbocycles. The largest absolute Gasteiger partial charge is 0.328 e. The summed E-state index contributed by atoms with van der Waals surface area (Å²) in [5, 5.41) is 0. The van der Waals surface area contributed by atoms with Crippen LogP contribution in [0.2, 0.25) is 0 Å². The summed E-state index contributed by atoms with van der Waals surface area (Å²) in [6, 6.07) is 1.91. The molecule has 2 heteroatoms. The van der Waals surface area contributed by atoms with Crippen molar-refractivity contribution in [3.8, 4) is 0 Å². The third-order valence-electron chi connectivity index (χ3n) is 3.38. The van der Waals surface area contributed by atoms with Gasteiger partial charge in [-0.05, 0) is 32.6 Å². The Morgan fingerprint density at radius 1 is 1.38 bits per heavy atom. The number of likely N-dealkylation sites (tertiary alicyclic amines) is 1. The smallest absolute Gasteiger partial charge is 0.00928 e. The van der Waals surface area contributed by atoms with E-state index < -0.39 is 0 Å². The zero-order chi connectivity index (χ0) is 9.84. The molecule has 13 heavy (non-hydrogen) atoms. The number of piperidine rings is 1. The number of hydrogen-bond acceptors (Lipinski definition) is 2. The highest BCUT2D eigenvalue weighted by Gasteiger charge is 2.26. The summed E-state index contributed by atoms with van der Waals surface area (Å²) in [6.45, 7) is 8.09. The highest BCUT2D eigenvalue weighted by Crippen LogP contribution is 2.21. The monoisotopic (exact) mass is 184 g/mol. The molecule has 0 spiro atoms. The van der Waals surface area contributed by atoms with Gasteiger partial charge in [-0.3, -0.25) is 4.90 Å². The van der Waals surface area contributed by atoms with Crippen molar-refractivity contribution in [2.24, 2.45) is 5.73 Å². The molecule has 0 aromatic rings. The van der Waals surface area contributed by atoms with Gasteiger partial charge in [-0.2, -0.15) is 0 Å². The van der Waals surface area contributed by atoms with E-state index in [2.05, 4.69) is 25.7 Å². The minimum Gasteiger partial charge on any atom is -0.328 e. The predicted octanol–water partition coefficient (Wildman–Crippen LogP) is 1.99. The van der Waals surface area contributed by atoms with Gasteiger partial charge in [-0.15, -0.1) is 0 Å². The van der Waals surface area contributed by atoms with Crippen molar-refractivity contribution in [3.05, 3.63) is 0 Å². The Balaban J connectivity index is 2.49. The minimum absolute atomic E-state index is 0.445. The molecule has 2 nitrogen and oxygen atoms in total. The number of rotatable bonds is 3. The fraction of sp³-hybridized carbons (Fsp3) is 1.00. The van der Waals surface area contributed by atoms with Gasteiger partial charge in [-0.25, -0.2) is 0 Å². The van der Waals surface area contributed by atoms with Gasteiger partial charge in [0, 0.05) is 24.7 Å². The van der Waals surface area contributed by atoms with Crippen molar-refractivity contribution >= 4 is 0 Å². The van der Waals surface area contributed by atoms with Crippen LogP contribution >= 0.6 is 0 Å². The molecule has 1 rings (SSSR count). The van der Waals surface area contributed by atoms with Gasteiger partial charge in [0.05, 0.1) is 0 Å². The molecule has 1 fully saturated rings. The lowest BCUT2D eigenvalue weighted by atomic mass is 9.95. The second kappa shape index (κ2) is 4.97. The van der Waals surface area contributed by atoms with Crippen molar-refractivity contribution in [1.29, 1.82) is 0 Å². The third kappa shape index (κ3) is 2.68. The average molecular weight is 184 g/mol. The highest BCUT2D eigenvalue weighted by atomic mass is 15.2. The molecule has 2 unspecified atom stereocenters. The predicted molar refractivity (Wildman–Crippen MR) is 57.7 cm³/mol. The first-order valence-corrected chi connectivity index (χ1v) is 5.70. The van der Waals surface area contributed by atoms with Crippen LogP contribution in [0.1, 0.15) is 46.5 Å². The molecule has 2 atom stereocenters. The summed E-state index contributed by atoms with van der Waals surface area (Å²) >= 11 is 0. The van der Waals surface area contributed by atoms with Gasteiger partial charge < -0.3 is 5.73 Å². The van der Waals surface area contributed by atoms with E-state index in [1.54, 1.807) is 0 Å². The van der Waals surface area contributed by atoms with Crippen LogP contribution in [-0.2, 0) is 0 Å². The zero-order valence-electron chi connectivity index (χ0n) is 9.29. The number of hydrogen-bond donors (Lipinski definition) is 1. The van der Waals surface area contributed by atoms with Crippen LogP contribution in [0, 0.1) is 0 Å². The Morgan fingerprint density at radius 2 is 2.00 bits per heavy atom. The summed E-state index contributed by atoms with van der Waals surface area (Å²) in [5.41, 5.74) is 5.94. The van der Waals surface area contributed by atoms with Crippen LogP contribution < -0.4 is 5.73 Å². The van der Waals surface area contributed by atoms with E-state index in [4.69, 9.17) is 5.73 Å². The van der Waals surface area contributed by atoms with E-state index >= 15 is 0 Å². The Labute approximate surface area is 82.5 Å². The summed E-state index contributed by atoms with van der Waals surface area (Å²) in [5.74, 6) is 0. The fourth-order valence-electron chi connectivity index (χ4n) is 2.53. The number of nitrogens with zero attached hydrogens (tertiary/aromatic N) is 1. The molecule has 1 aliphatic heterocycles. The fourth-order valence-corrected chi connectivity index (χ4v) is 2.53. The lowest BCUT2D eigenvalue weighted by molar-refractivity contribution is 0.0907. The second-order valence-electron chi connectivity index (χ2n) is 4.34. The van der Waals surface area contributed by atoms with E-state index in [0.29, 0.717) is 12.1 Å². The van der Waals surface area contributed by atoms with Crippen molar-refractivity contribution in [1.82, 2.24) is 4.90 Å². The van der Waals surface area contributed by atoms with E-state index in [-0.39, 0.29) is 0 Å². The summed E-state index contributed by atoms with van der Waals surface area (Å²) in [4.78, 5) is 2.64. The van der Waals surface area contributed by atoms with E-state index in [1.165, 1.54) is 32.2 Å². The SMILES string of the molecule is CCC(CC)N1CCC(N)CC1C. The first-order chi connectivity index (χ1) is 6.19. The maximum absolute atomic E-state index is 5.94. The second-order valence-corrected chi connectivity index (χ2v) is 4.34. The van der Waals surface area contributed by atoms with Crippen molar-refractivity contribution < 1.29 is 0 Å². The summed E-state index contributed by atoms with van der Waals surface area (Å²) in [6.07, 6.45) is 4.91. The zero-order valence-corrected chi connectivity index (χ0v) is 9.29. The molecule has 0 amide bonds. The van der Waals surface area contributed by atoms with Crippen LogP contribution in [-0.4, -0.2) is 29.6 Å². The first-order valence-electron chi connectivity index (χ1n) is 5.70. The van der Waals surface area contributed by atoms with Gasteiger partial charge >= 0.3 is 0 Å². The standard InChI is InChI=1S/C11H24N2/c1-4-11(5-2)13-7-6-10(12)8-9(13)3/h9-11H,4-8,12H2,1-3H3. The van der Waals surface area contributed by atoms with Gasteiger partial charge in [0.2, 0.25) is 0 Å². The normalized spacial score (nSPS) is 31.2. The van der Waals surface area contributed by atoms with Crippen molar-refractivity contribution in [2.75, 3.05) is 6.54 Å². The number of nitrogens with two attached hydrogens (primary N) is 1. The maximum atomic E-state index is 5.94. The molecular weight excluding hydrogens is 160 g/mol. The molecule has 0 aromatic heterocycles. The summed E-state index contributed by atoms with van der Waals surface area (Å²) < 4.78 is 0. The van der Waals surface area contributed by atoms with Crippen LogP contribution in [0.5, 0.6) is 0 Å². The third-order valence-corrected chi connectivity index (χ3v) is 3.38. The minimum atomic E-state index is 0.445. The van der Waals surface area contributed by atoms with E-state index in [1.807, 2.05) is 0 Å². The van der Waals surface area contributed by atoms with Crippen LogP contribution in [0.3, 0.4) is 0 Å². The maximum Gasteiger partial charge on any atom is 0.00928 e. The molecule has 0 aliphatic carbocycles. The van der Waals surface area contributed by atoms with Gasteiger partial charge in [0.25, 0.3) is 0 Å². The average Bonchev–Trinajstić information content (AvgIpc) is 2.10. The Morgan fingerprint density at radius 3 is 2.46 bits per heavy atom. The topological polar surface area (TPSA) is 29.3 Å². The van der Waals surface area contributed by atoms with Crippen LogP contribution in [0.15, 0.2) is 0 Å². The molecule has 0 radical (unpaired) electrons. The molecule has 0 bridgehead atoms. The Hall–Kier alpha value is -0.0800. The Bertz CT molecular complexity index is 143. The van der Waals surface area contributed by atoms with Crippen LogP contribution in [0.25, 0.3) is 0 Å². The lowest BCUT2D eigenvalue weighted by Crippen LogP contribution is -2.49. The molecule has 2 N–H and O–H groups in total. The first kappa shape index (κ1) is 11.0. The highest BCUT2D eigenvalue weighted by molar-refractivity contribution is 4.84. The van der Waals surface area contributed by atoms with Gasteiger partial charge in [0.15, 0.2) is 0 Å². The van der Waals surface area contributed by atoms with Crippen LogP contribution in [0.4, 0.5) is 0 Å². The van der Waals surface area contributed by atoms with Crippen molar-refractivity contribution in [2.45, 2.75) is 64.6 Å². The molecule has 78 valence electrons. The molecule has 0 aromatic carbocycles. The Kier molecular flexibility index (Phi) is 4.20.